The van der Waals surface area contributed by atoms with Crippen molar-refractivity contribution in [2.75, 3.05) is 39.8 Å². The first-order valence-electron chi connectivity index (χ1n) is 9.37. The van der Waals surface area contributed by atoms with Crippen LogP contribution in [-0.4, -0.2) is 66.3 Å². The number of rotatable bonds is 5. The lowest BCUT2D eigenvalue weighted by Crippen LogP contribution is -2.44. The second-order valence-corrected chi connectivity index (χ2v) is 8.85. The molecule has 0 amide bonds. The van der Waals surface area contributed by atoms with Gasteiger partial charge in [-0.05, 0) is 31.4 Å². The van der Waals surface area contributed by atoms with Gasteiger partial charge in [0, 0.05) is 55.5 Å². The van der Waals surface area contributed by atoms with Crippen LogP contribution < -0.4 is 5.32 Å². The number of thioether (sulfide) groups is 1. The van der Waals surface area contributed by atoms with Gasteiger partial charge in [-0.15, -0.1) is 35.7 Å². The van der Waals surface area contributed by atoms with Crippen molar-refractivity contribution < 1.29 is 0 Å². The fourth-order valence-corrected chi connectivity index (χ4v) is 5.03. The predicted octanol–water partition coefficient (Wildman–Crippen LogP) is 3.45. The van der Waals surface area contributed by atoms with Crippen LogP contribution in [0, 0.1) is 0 Å². The number of hydrogen-bond acceptors (Lipinski definition) is 3. The molecule has 0 radical (unpaired) electrons. The van der Waals surface area contributed by atoms with Crippen molar-refractivity contribution in [2.45, 2.75) is 34.9 Å². The predicted molar refractivity (Wildman–Crippen MR) is 122 cm³/mol. The largest absolute Gasteiger partial charge is 0.355 e. The van der Waals surface area contributed by atoms with Crippen molar-refractivity contribution in [1.29, 1.82) is 0 Å². The number of aliphatic imine (C=N–C) groups is 1. The molecule has 1 N–H and O–H groups in total. The summed E-state index contributed by atoms with van der Waals surface area (Å²) in [5.41, 5.74) is 0. The molecular formula is C20H29IN4S. The number of likely N-dealkylation sites (tertiary alicyclic amines) is 1. The molecule has 2 aliphatic heterocycles. The number of benzene rings is 1. The van der Waals surface area contributed by atoms with Gasteiger partial charge in [0.25, 0.3) is 0 Å². The van der Waals surface area contributed by atoms with Crippen molar-refractivity contribution >= 4 is 41.7 Å². The summed E-state index contributed by atoms with van der Waals surface area (Å²) in [6.07, 6.45) is 8.39. The molecule has 4 rings (SSSR count). The Labute approximate surface area is 178 Å². The van der Waals surface area contributed by atoms with E-state index in [-0.39, 0.29) is 24.0 Å². The zero-order valence-electron chi connectivity index (χ0n) is 15.4. The molecule has 1 saturated heterocycles. The van der Waals surface area contributed by atoms with E-state index in [4.69, 9.17) is 0 Å². The minimum Gasteiger partial charge on any atom is -0.355 e. The van der Waals surface area contributed by atoms with Gasteiger partial charge in [-0.25, -0.2) is 0 Å². The highest BCUT2D eigenvalue weighted by Gasteiger charge is 2.44. The lowest BCUT2D eigenvalue weighted by atomic mass is 10.2. The number of halogens is 1. The second kappa shape index (κ2) is 8.97. The first-order valence-corrected chi connectivity index (χ1v) is 10.2. The molecular weight excluding hydrogens is 455 g/mol. The third kappa shape index (κ3) is 4.75. The van der Waals surface area contributed by atoms with Crippen LogP contribution in [0.15, 0.2) is 52.4 Å². The van der Waals surface area contributed by atoms with Gasteiger partial charge in [0.05, 0.1) is 0 Å². The molecule has 1 unspecified atom stereocenters. The second-order valence-electron chi connectivity index (χ2n) is 7.31. The molecule has 1 aromatic rings. The van der Waals surface area contributed by atoms with E-state index in [0.29, 0.717) is 10.8 Å². The molecule has 2 fully saturated rings. The Morgan fingerprint density at radius 3 is 2.62 bits per heavy atom. The normalized spacial score (nSPS) is 24.6. The maximum absolute atomic E-state index is 4.56. The molecule has 142 valence electrons. The highest BCUT2D eigenvalue weighted by Crippen LogP contribution is 2.51. The van der Waals surface area contributed by atoms with Crippen LogP contribution in [0.1, 0.15) is 19.3 Å². The number of hydrogen-bond donors (Lipinski definition) is 1. The fraction of sp³-hybridized carbons (Fsp3) is 0.550. The molecule has 3 aliphatic rings. The lowest BCUT2D eigenvalue weighted by molar-refractivity contribution is 0.259. The lowest BCUT2D eigenvalue weighted by Gasteiger charge is -2.26. The zero-order valence-corrected chi connectivity index (χ0v) is 18.6. The topological polar surface area (TPSA) is 30.9 Å². The molecule has 0 bridgehead atoms. The minimum absolute atomic E-state index is 0. The summed E-state index contributed by atoms with van der Waals surface area (Å²) in [5, 5.41) is 3.67. The van der Waals surface area contributed by atoms with Crippen LogP contribution in [0.5, 0.6) is 0 Å². The van der Waals surface area contributed by atoms with Crippen LogP contribution in [0.2, 0.25) is 0 Å². The standard InChI is InChI=1S/C20H28N4S.HI/c1-21-19(24-14-9-17(15-24)23-12-5-6-13-23)22-16-20(10-11-20)25-18-7-3-2-4-8-18;/h2-8,17H,9-16H2,1H3,(H,21,22);1H. The van der Waals surface area contributed by atoms with Crippen LogP contribution in [-0.2, 0) is 0 Å². The molecule has 1 aromatic carbocycles. The fourth-order valence-electron chi connectivity index (χ4n) is 3.79. The van der Waals surface area contributed by atoms with Gasteiger partial charge in [-0.3, -0.25) is 9.89 Å². The van der Waals surface area contributed by atoms with Crippen LogP contribution in [0.4, 0.5) is 0 Å². The van der Waals surface area contributed by atoms with Gasteiger partial charge in [-0.2, -0.15) is 0 Å². The van der Waals surface area contributed by atoms with Crippen LogP contribution in [0.25, 0.3) is 0 Å². The summed E-state index contributed by atoms with van der Waals surface area (Å²) in [6.45, 7) is 5.44. The summed E-state index contributed by atoms with van der Waals surface area (Å²) >= 11 is 2.02. The van der Waals surface area contributed by atoms with Gasteiger partial charge in [-0.1, -0.05) is 30.4 Å². The average molecular weight is 484 g/mol. The van der Waals surface area contributed by atoms with Crippen molar-refractivity contribution in [3.8, 4) is 0 Å². The first-order chi connectivity index (χ1) is 12.3. The van der Waals surface area contributed by atoms with Crippen LogP contribution >= 0.6 is 35.7 Å². The minimum atomic E-state index is 0. The van der Waals surface area contributed by atoms with Crippen molar-refractivity contribution in [3.63, 3.8) is 0 Å². The maximum Gasteiger partial charge on any atom is 0.193 e. The first kappa shape index (κ1) is 20.0. The Hall–Kier alpha value is -0.730. The molecule has 26 heavy (non-hydrogen) atoms. The highest BCUT2D eigenvalue weighted by atomic mass is 127. The quantitative estimate of drug-likeness (QED) is 0.300. The molecule has 0 aromatic heterocycles. The van der Waals surface area contributed by atoms with Gasteiger partial charge >= 0.3 is 0 Å². The molecule has 1 saturated carbocycles. The Morgan fingerprint density at radius 1 is 1.23 bits per heavy atom. The van der Waals surface area contributed by atoms with E-state index < -0.39 is 0 Å². The van der Waals surface area contributed by atoms with E-state index in [1.54, 1.807) is 0 Å². The Morgan fingerprint density at radius 2 is 1.96 bits per heavy atom. The van der Waals surface area contributed by atoms with E-state index >= 15 is 0 Å². The molecule has 1 aliphatic carbocycles. The summed E-state index contributed by atoms with van der Waals surface area (Å²) in [5.74, 6) is 1.08. The van der Waals surface area contributed by atoms with Gasteiger partial charge in [0.2, 0.25) is 0 Å². The smallest absolute Gasteiger partial charge is 0.193 e. The summed E-state index contributed by atoms with van der Waals surface area (Å²) in [4.78, 5) is 10.9. The monoisotopic (exact) mass is 484 g/mol. The van der Waals surface area contributed by atoms with Gasteiger partial charge < -0.3 is 10.2 Å². The van der Waals surface area contributed by atoms with Gasteiger partial charge in [0.15, 0.2) is 5.96 Å². The van der Waals surface area contributed by atoms with Crippen LogP contribution in [0.3, 0.4) is 0 Å². The SMILES string of the molecule is CN=C(NCC1(Sc2ccccc2)CC1)N1CCC(N2CC=CC2)C1.I. The average Bonchev–Trinajstić information content (AvgIpc) is 3.07. The van der Waals surface area contributed by atoms with E-state index in [2.05, 4.69) is 62.6 Å². The Bertz CT molecular complexity index is 636. The van der Waals surface area contributed by atoms with E-state index in [1.807, 2.05) is 18.8 Å². The Balaban J connectivity index is 0.00000196. The molecule has 2 heterocycles. The highest BCUT2D eigenvalue weighted by molar-refractivity contribution is 14.0. The van der Waals surface area contributed by atoms with Gasteiger partial charge in [0.1, 0.15) is 0 Å². The number of nitrogens with one attached hydrogen (secondary N) is 1. The van der Waals surface area contributed by atoms with E-state index in [1.165, 1.54) is 24.2 Å². The zero-order chi connectivity index (χ0) is 17.1. The molecule has 0 spiro atoms. The summed E-state index contributed by atoms with van der Waals surface area (Å²) in [7, 11) is 1.91. The summed E-state index contributed by atoms with van der Waals surface area (Å²) < 4.78 is 0.356. The molecule has 1 atom stereocenters. The number of nitrogens with zero attached hydrogens (tertiary/aromatic N) is 3. The third-order valence-electron chi connectivity index (χ3n) is 5.49. The summed E-state index contributed by atoms with van der Waals surface area (Å²) in [6, 6.07) is 11.4. The Kier molecular flexibility index (Phi) is 6.91. The number of guanidine groups is 1. The molecule has 6 heteroatoms. The van der Waals surface area contributed by atoms with Crippen molar-refractivity contribution in [2.24, 2.45) is 4.99 Å². The van der Waals surface area contributed by atoms with E-state index in [9.17, 15) is 0 Å². The van der Waals surface area contributed by atoms with Crippen molar-refractivity contribution in [1.82, 2.24) is 15.1 Å². The van der Waals surface area contributed by atoms with E-state index in [0.717, 1.165) is 38.7 Å². The third-order valence-corrected chi connectivity index (χ3v) is 6.98. The molecule has 4 nitrogen and oxygen atoms in total. The maximum atomic E-state index is 4.56. The van der Waals surface area contributed by atoms with Crippen molar-refractivity contribution in [3.05, 3.63) is 42.5 Å².